The standard InChI is InChI=1S/C25H23FN4O6S2/c1-29(37(2,32)33)21-8-4-3-6-19(21)24(31)27-16-10-12-17(13-11-16)38(34,35)18-14-30(15-18)25-28-23-20(26)7-5-9-22(23)36-25/h3-13,18H,14-15H2,1-2H3,(H,27,31). The number of benzene rings is 3. The Morgan fingerprint density at radius 3 is 2.37 bits per heavy atom. The molecule has 1 aliphatic rings. The fourth-order valence-corrected chi connectivity index (χ4v) is 6.24. The minimum atomic E-state index is -3.68. The number of sulfone groups is 1. The molecule has 0 radical (unpaired) electrons. The maximum atomic E-state index is 13.9. The SMILES string of the molecule is CN(c1ccccc1C(=O)Nc1ccc(S(=O)(=O)C2CN(c3nc4c(F)cccc4o3)C2)cc1)S(C)(=O)=O. The average Bonchev–Trinajstić information content (AvgIpc) is 3.27. The number of anilines is 3. The molecule has 1 aromatic heterocycles. The Bertz CT molecular complexity index is 1750. The summed E-state index contributed by atoms with van der Waals surface area (Å²) in [6, 6.07) is 16.5. The Kier molecular flexibility index (Phi) is 6.35. The van der Waals surface area contributed by atoms with Gasteiger partial charge in [0.1, 0.15) is 10.8 Å². The lowest BCUT2D eigenvalue weighted by Gasteiger charge is -2.37. The first-order chi connectivity index (χ1) is 17.9. The van der Waals surface area contributed by atoms with E-state index < -0.39 is 36.8 Å². The molecule has 10 nitrogen and oxygen atoms in total. The molecule has 0 aliphatic carbocycles. The Balaban J connectivity index is 1.27. The summed E-state index contributed by atoms with van der Waals surface area (Å²) in [6.07, 6.45) is 1.04. The molecule has 5 rings (SSSR count). The summed E-state index contributed by atoms with van der Waals surface area (Å²) < 4.78 is 70.5. The van der Waals surface area contributed by atoms with Crippen LogP contribution in [-0.4, -0.2) is 59.4 Å². The Morgan fingerprint density at radius 1 is 1.03 bits per heavy atom. The lowest BCUT2D eigenvalue weighted by atomic mass is 10.1. The molecule has 0 atom stereocenters. The van der Waals surface area contributed by atoms with Crippen LogP contribution in [0.15, 0.2) is 76.0 Å². The number of hydrogen-bond acceptors (Lipinski definition) is 8. The van der Waals surface area contributed by atoms with Crippen molar-refractivity contribution in [1.29, 1.82) is 0 Å². The number of carbonyl (C=O) groups is 1. The largest absolute Gasteiger partial charge is 0.423 e. The van der Waals surface area contributed by atoms with Gasteiger partial charge < -0.3 is 14.6 Å². The smallest absolute Gasteiger partial charge is 0.298 e. The zero-order valence-corrected chi connectivity index (χ0v) is 22.0. The molecule has 0 bridgehead atoms. The Morgan fingerprint density at radius 2 is 1.71 bits per heavy atom. The van der Waals surface area contributed by atoms with Crippen molar-refractivity contribution in [3.63, 3.8) is 0 Å². The number of sulfonamides is 1. The third-order valence-corrected chi connectivity index (χ3v) is 9.64. The van der Waals surface area contributed by atoms with Crippen LogP contribution in [-0.2, 0) is 19.9 Å². The van der Waals surface area contributed by atoms with E-state index in [-0.39, 0.29) is 46.4 Å². The lowest BCUT2D eigenvalue weighted by Crippen LogP contribution is -2.55. The molecule has 1 aliphatic heterocycles. The van der Waals surface area contributed by atoms with Crippen LogP contribution in [0.1, 0.15) is 10.4 Å². The molecule has 4 aromatic rings. The first-order valence-corrected chi connectivity index (χ1v) is 14.8. The highest BCUT2D eigenvalue weighted by Crippen LogP contribution is 2.31. The molecule has 1 fully saturated rings. The van der Waals surface area contributed by atoms with E-state index in [2.05, 4.69) is 10.3 Å². The summed E-state index contributed by atoms with van der Waals surface area (Å²) in [5, 5.41) is 1.96. The molecule has 0 saturated carbocycles. The van der Waals surface area contributed by atoms with Gasteiger partial charge in [-0.2, -0.15) is 4.98 Å². The number of oxazole rings is 1. The molecule has 0 spiro atoms. The van der Waals surface area contributed by atoms with Gasteiger partial charge in [0, 0.05) is 25.8 Å². The highest BCUT2D eigenvalue weighted by Gasteiger charge is 2.40. The Hall–Kier alpha value is -3.97. The van der Waals surface area contributed by atoms with Gasteiger partial charge in [-0.05, 0) is 48.5 Å². The minimum absolute atomic E-state index is 0.0842. The number of para-hydroxylation sites is 2. The van der Waals surface area contributed by atoms with Crippen molar-refractivity contribution < 1.29 is 30.4 Å². The van der Waals surface area contributed by atoms with Crippen molar-refractivity contribution in [3.8, 4) is 0 Å². The van der Waals surface area contributed by atoms with Crippen LogP contribution in [0.25, 0.3) is 11.1 Å². The number of hydrogen-bond donors (Lipinski definition) is 1. The maximum absolute atomic E-state index is 13.9. The average molecular weight is 559 g/mol. The van der Waals surface area contributed by atoms with Crippen LogP contribution >= 0.6 is 0 Å². The predicted molar refractivity (Wildman–Crippen MR) is 141 cm³/mol. The summed E-state index contributed by atoms with van der Waals surface area (Å²) in [5.41, 5.74) is 1.08. The van der Waals surface area contributed by atoms with E-state index in [1.165, 1.54) is 55.6 Å². The molecule has 1 amide bonds. The first kappa shape index (κ1) is 25.7. The maximum Gasteiger partial charge on any atom is 0.298 e. The second-order valence-electron chi connectivity index (χ2n) is 8.88. The van der Waals surface area contributed by atoms with Crippen molar-refractivity contribution in [1.82, 2.24) is 4.98 Å². The quantitative estimate of drug-likeness (QED) is 0.366. The zero-order valence-electron chi connectivity index (χ0n) is 20.3. The van der Waals surface area contributed by atoms with Gasteiger partial charge in [-0.1, -0.05) is 18.2 Å². The van der Waals surface area contributed by atoms with Gasteiger partial charge >= 0.3 is 0 Å². The van der Waals surface area contributed by atoms with Crippen LogP contribution < -0.4 is 14.5 Å². The fraction of sp³-hybridized carbons (Fsp3) is 0.200. The number of fused-ring (bicyclic) bond motifs is 1. The third kappa shape index (κ3) is 4.70. The van der Waals surface area contributed by atoms with E-state index >= 15 is 0 Å². The van der Waals surface area contributed by atoms with Gasteiger partial charge in [0.2, 0.25) is 10.0 Å². The van der Waals surface area contributed by atoms with Gasteiger partial charge in [0.05, 0.1) is 22.4 Å². The van der Waals surface area contributed by atoms with E-state index in [9.17, 15) is 26.0 Å². The number of nitrogens with zero attached hydrogens (tertiary/aromatic N) is 3. The number of carbonyl (C=O) groups excluding carboxylic acids is 1. The molecule has 38 heavy (non-hydrogen) atoms. The number of rotatable bonds is 7. The highest BCUT2D eigenvalue weighted by molar-refractivity contribution is 7.92. The van der Waals surface area contributed by atoms with E-state index in [0.717, 1.165) is 10.6 Å². The normalized spacial score (nSPS) is 14.3. The Labute approximate surface area is 218 Å². The van der Waals surface area contributed by atoms with Gasteiger partial charge in [-0.15, -0.1) is 0 Å². The number of amides is 1. The van der Waals surface area contributed by atoms with Crippen molar-refractivity contribution in [3.05, 3.63) is 78.1 Å². The topological polar surface area (TPSA) is 130 Å². The monoisotopic (exact) mass is 558 g/mol. The predicted octanol–water partition coefficient (Wildman–Crippen LogP) is 3.28. The van der Waals surface area contributed by atoms with E-state index in [0.29, 0.717) is 5.69 Å². The molecule has 13 heteroatoms. The van der Waals surface area contributed by atoms with Gasteiger partial charge in [0.25, 0.3) is 11.9 Å². The van der Waals surface area contributed by atoms with Crippen LogP contribution in [0, 0.1) is 5.82 Å². The molecule has 2 heterocycles. The minimum Gasteiger partial charge on any atom is -0.423 e. The van der Waals surface area contributed by atoms with Crippen molar-refractivity contribution >= 4 is 54.3 Å². The molecular weight excluding hydrogens is 535 g/mol. The van der Waals surface area contributed by atoms with E-state index in [1.807, 2.05) is 0 Å². The van der Waals surface area contributed by atoms with E-state index in [4.69, 9.17) is 4.42 Å². The molecule has 198 valence electrons. The second kappa shape index (κ2) is 9.40. The summed E-state index contributed by atoms with van der Waals surface area (Å²) in [4.78, 5) is 18.7. The third-order valence-electron chi connectivity index (χ3n) is 6.34. The highest BCUT2D eigenvalue weighted by atomic mass is 32.2. The molecule has 1 N–H and O–H groups in total. The summed E-state index contributed by atoms with van der Waals surface area (Å²) >= 11 is 0. The van der Waals surface area contributed by atoms with Crippen LogP contribution in [0.2, 0.25) is 0 Å². The molecule has 0 unspecified atom stereocenters. The molecular formula is C25H23FN4O6S2. The van der Waals surface area contributed by atoms with E-state index in [1.54, 1.807) is 23.1 Å². The van der Waals surface area contributed by atoms with Crippen LogP contribution in [0.3, 0.4) is 0 Å². The van der Waals surface area contributed by atoms with Gasteiger partial charge in [-0.3, -0.25) is 9.10 Å². The number of nitrogens with one attached hydrogen (secondary N) is 1. The second-order valence-corrected chi connectivity index (χ2v) is 13.1. The summed E-state index contributed by atoms with van der Waals surface area (Å²) in [5.74, 6) is -1.06. The van der Waals surface area contributed by atoms with Crippen molar-refractivity contribution in [2.75, 3.05) is 40.9 Å². The van der Waals surface area contributed by atoms with Crippen LogP contribution in [0.4, 0.5) is 21.8 Å². The van der Waals surface area contributed by atoms with Crippen LogP contribution in [0.5, 0.6) is 0 Å². The molecule has 3 aromatic carbocycles. The zero-order chi connectivity index (χ0) is 27.2. The summed E-state index contributed by atoms with van der Waals surface area (Å²) in [6.45, 7) is 0.278. The molecule has 1 saturated heterocycles. The number of halogens is 1. The van der Waals surface area contributed by atoms with Gasteiger partial charge in [0.15, 0.2) is 21.2 Å². The first-order valence-electron chi connectivity index (χ1n) is 11.4. The number of aromatic nitrogens is 1. The van der Waals surface area contributed by atoms with Gasteiger partial charge in [-0.25, -0.2) is 21.2 Å². The van der Waals surface area contributed by atoms with Crippen molar-refractivity contribution in [2.45, 2.75) is 10.1 Å². The summed E-state index contributed by atoms with van der Waals surface area (Å²) in [7, 11) is -5.92. The lowest BCUT2D eigenvalue weighted by molar-refractivity contribution is 0.102. The van der Waals surface area contributed by atoms with Crippen molar-refractivity contribution in [2.24, 2.45) is 0 Å². The fourth-order valence-electron chi connectivity index (χ4n) is 4.07.